The van der Waals surface area contributed by atoms with Crippen molar-refractivity contribution in [3.8, 4) is 23.7 Å². The maximum absolute atomic E-state index is 14.3. The highest BCUT2D eigenvalue weighted by molar-refractivity contribution is 5.51. The van der Waals surface area contributed by atoms with E-state index in [2.05, 4.69) is 23.7 Å². The monoisotopic (exact) mass is 392 g/mol. The molecule has 0 aromatic heterocycles. The molecule has 0 saturated heterocycles. The lowest BCUT2D eigenvalue weighted by Crippen LogP contribution is -1.95. The van der Waals surface area contributed by atoms with Crippen molar-refractivity contribution in [1.82, 2.24) is 0 Å². The maximum Gasteiger partial charge on any atom is 0.143 e. The molecule has 4 heteroatoms. The number of aryl methyl sites for hydroxylation is 3. The molecule has 29 heavy (non-hydrogen) atoms. The third kappa shape index (κ3) is 4.68. The Morgan fingerprint density at radius 2 is 1.07 bits per heavy atom. The van der Waals surface area contributed by atoms with Crippen LogP contribution in [0.5, 0.6) is 0 Å². The van der Waals surface area contributed by atoms with E-state index in [0.717, 1.165) is 41.0 Å². The van der Waals surface area contributed by atoms with Crippen LogP contribution < -0.4 is 0 Å². The third-order valence-electron chi connectivity index (χ3n) is 4.26. The summed E-state index contributed by atoms with van der Waals surface area (Å²) in [4.78, 5) is 0. The second kappa shape index (κ2) is 8.25. The van der Waals surface area contributed by atoms with Crippen LogP contribution in [0.15, 0.2) is 42.5 Å². The summed E-state index contributed by atoms with van der Waals surface area (Å²) in [6.45, 7) is 5.39. The Kier molecular flexibility index (Phi) is 5.76. The molecule has 0 unspecified atom stereocenters. The van der Waals surface area contributed by atoms with Crippen molar-refractivity contribution in [3.63, 3.8) is 0 Å². The molecule has 0 fully saturated rings. The first kappa shape index (κ1) is 20.2. The summed E-state index contributed by atoms with van der Waals surface area (Å²) < 4.78 is 56.4. The number of halogens is 4. The second-order valence-corrected chi connectivity index (χ2v) is 6.74. The molecular weight excluding hydrogens is 376 g/mol. The summed E-state index contributed by atoms with van der Waals surface area (Å²) in [7, 11) is 0. The minimum Gasteiger partial charge on any atom is -0.206 e. The van der Waals surface area contributed by atoms with Crippen LogP contribution in [0.2, 0.25) is 0 Å². The van der Waals surface area contributed by atoms with Gasteiger partial charge in [0.2, 0.25) is 0 Å². The zero-order valence-corrected chi connectivity index (χ0v) is 16.1. The summed E-state index contributed by atoms with van der Waals surface area (Å²) in [5, 5.41) is 0. The Morgan fingerprint density at radius 1 is 0.552 bits per heavy atom. The van der Waals surface area contributed by atoms with E-state index in [9.17, 15) is 17.6 Å². The molecule has 3 aromatic rings. The molecule has 144 valence electrons. The molecule has 0 atom stereocenters. The van der Waals surface area contributed by atoms with Crippen LogP contribution in [0, 0.1) is 67.7 Å². The summed E-state index contributed by atoms with van der Waals surface area (Å²) in [6.07, 6.45) is 0. The minimum atomic E-state index is -0.949. The van der Waals surface area contributed by atoms with Crippen molar-refractivity contribution in [2.24, 2.45) is 0 Å². The van der Waals surface area contributed by atoms with Gasteiger partial charge in [0, 0.05) is 11.1 Å². The molecule has 3 rings (SSSR count). The highest BCUT2D eigenvalue weighted by Gasteiger charge is 2.11. The van der Waals surface area contributed by atoms with E-state index >= 15 is 0 Å². The average molecular weight is 392 g/mol. The summed E-state index contributed by atoms with van der Waals surface area (Å²) >= 11 is 0. The summed E-state index contributed by atoms with van der Waals surface area (Å²) in [5.74, 6) is 6.32. The highest BCUT2D eigenvalue weighted by atomic mass is 19.1. The van der Waals surface area contributed by atoms with Gasteiger partial charge in [0.1, 0.15) is 23.3 Å². The molecule has 0 nitrogen and oxygen atoms in total. The Bertz CT molecular complexity index is 1190. The minimum absolute atomic E-state index is 0.137. The van der Waals surface area contributed by atoms with Gasteiger partial charge >= 0.3 is 0 Å². The van der Waals surface area contributed by atoms with Gasteiger partial charge in [-0.15, -0.1) is 0 Å². The fourth-order valence-electron chi connectivity index (χ4n) is 2.80. The first-order chi connectivity index (χ1) is 13.7. The molecule has 0 radical (unpaired) electrons. The Morgan fingerprint density at radius 3 is 1.59 bits per heavy atom. The molecule has 0 aliphatic carbocycles. The van der Waals surface area contributed by atoms with Gasteiger partial charge in [-0.2, -0.15) is 0 Å². The van der Waals surface area contributed by atoms with Gasteiger partial charge in [-0.05, 0) is 62.2 Å². The van der Waals surface area contributed by atoms with Gasteiger partial charge in [-0.3, -0.25) is 0 Å². The van der Waals surface area contributed by atoms with Crippen molar-refractivity contribution in [1.29, 1.82) is 0 Å². The summed E-state index contributed by atoms with van der Waals surface area (Å²) in [5.41, 5.74) is 2.23. The van der Waals surface area contributed by atoms with Crippen LogP contribution in [-0.4, -0.2) is 0 Å². The molecule has 0 bridgehead atoms. The largest absolute Gasteiger partial charge is 0.206 e. The van der Waals surface area contributed by atoms with E-state index in [1.54, 1.807) is 0 Å². The number of hydrogen-bond donors (Lipinski definition) is 0. The highest BCUT2D eigenvalue weighted by Crippen LogP contribution is 2.17. The topological polar surface area (TPSA) is 0 Å². The molecule has 3 aromatic carbocycles. The van der Waals surface area contributed by atoms with Crippen LogP contribution >= 0.6 is 0 Å². The van der Waals surface area contributed by atoms with E-state index in [-0.39, 0.29) is 5.56 Å². The van der Waals surface area contributed by atoms with E-state index < -0.39 is 34.4 Å². The van der Waals surface area contributed by atoms with Gasteiger partial charge in [-0.25, -0.2) is 17.6 Å². The molecule has 0 saturated carbocycles. The Labute approximate surface area is 167 Å². The lowest BCUT2D eigenvalue weighted by molar-refractivity contribution is 0.573. The fraction of sp³-hybridized carbons (Fsp3) is 0.120. The third-order valence-corrected chi connectivity index (χ3v) is 4.26. The van der Waals surface area contributed by atoms with E-state index in [1.165, 1.54) is 6.92 Å². The average Bonchev–Trinajstić information content (AvgIpc) is 2.62. The lowest BCUT2D eigenvalue weighted by atomic mass is 10.0. The van der Waals surface area contributed by atoms with Crippen molar-refractivity contribution in [3.05, 3.63) is 105 Å². The van der Waals surface area contributed by atoms with Crippen molar-refractivity contribution >= 4 is 0 Å². The van der Waals surface area contributed by atoms with E-state index in [1.807, 2.05) is 32.0 Å². The van der Waals surface area contributed by atoms with Crippen molar-refractivity contribution in [2.75, 3.05) is 0 Å². The fourth-order valence-corrected chi connectivity index (χ4v) is 2.80. The SMILES string of the molecule is Cc1ccc(C#Cc2cc(F)c(C#Cc3c(F)cc(C)cc3F)c(F)c2)c(C)c1. The zero-order chi connectivity index (χ0) is 21.1. The summed E-state index contributed by atoms with van der Waals surface area (Å²) in [6, 6.07) is 10.0. The predicted molar refractivity (Wildman–Crippen MR) is 105 cm³/mol. The first-order valence-electron chi connectivity index (χ1n) is 8.80. The zero-order valence-electron chi connectivity index (χ0n) is 16.1. The van der Waals surface area contributed by atoms with Gasteiger partial charge < -0.3 is 0 Å². The maximum atomic E-state index is 14.3. The van der Waals surface area contributed by atoms with Crippen molar-refractivity contribution < 1.29 is 17.6 Å². The van der Waals surface area contributed by atoms with Gasteiger partial charge in [-0.1, -0.05) is 41.4 Å². The number of benzene rings is 3. The lowest BCUT2D eigenvalue weighted by Gasteiger charge is -2.01. The molecule has 0 amide bonds. The van der Waals surface area contributed by atoms with Crippen molar-refractivity contribution in [2.45, 2.75) is 20.8 Å². The van der Waals surface area contributed by atoms with Gasteiger partial charge in [0.15, 0.2) is 0 Å². The van der Waals surface area contributed by atoms with Crippen LogP contribution in [0.4, 0.5) is 17.6 Å². The van der Waals surface area contributed by atoms with Gasteiger partial charge in [0.05, 0.1) is 11.1 Å². The van der Waals surface area contributed by atoms with Crippen LogP contribution in [0.3, 0.4) is 0 Å². The molecule has 0 spiro atoms. The molecule has 0 aliphatic rings. The normalized spacial score (nSPS) is 10.0. The molecule has 0 heterocycles. The standard InChI is InChI=1S/C25H16F4/c1-15-4-6-19(17(3)10-15)7-5-18-13-24(28)21(25(29)14-18)9-8-20-22(26)11-16(2)12-23(20)27/h4,6,10-14H,1-3H3. The van der Waals surface area contributed by atoms with Crippen LogP contribution in [-0.2, 0) is 0 Å². The molecular formula is C25H16F4. The van der Waals surface area contributed by atoms with Crippen LogP contribution in [0.25, 0.3) is 0 Å². The van der Waals surface area contributed by atoms with E-state index in [0.29, 0.717) is 5.56 Å². The number of rotatable bonds is 0. The predicted octanol–water partition coefficient (Wildman–Crippen LogP) is 5.97. The smallest absolute Gasteiger partial charge is 0.143 e. The van der Waals surface area contributed by atoms with E-state index in [4.69, 9.17) is 0 Å². The quantitative estimate of drug-likeness (QED) is 0.327. The number of hydrogen-bond acceptors (Lipinski definition) is 0. The van der Waals surface area contributed by atoms with Crippen LogP contribution in [0.1, 0.15) is 38.9 Å². The first-order valence-corrected chi connectivity index (χ1v) is 8.80. The van der Waals surface area contributed by atoms with Gasteiger partial charge in [0.25, 0.3) is 0 Å². The molecule has 0 aliphatic heterocycles. The Hall–Kier alpha value is -3.50. The Balaban J connectivity index is 1.95. The second-order valence-electron chi connectivity index (χ2n) is 6.74. The molecule has 0 N–H and O–H groups in total.